The van der Waals surface area contributed by atoms with E-state index in [0.29, 0.717) is 12.2 Å². The Balaban J connectivity index is 2.27. The topological polar surface area (TPSA) is 55.2 Å². The van der Waals surface area contributed by atoms with Crippen LogP contribution in [-0.4, -0.2) is 4.92 Å². The van der Waals surface area contributed by atoms with E-state index in [1.807, 2.05) is 24.3 Å². The molecule has 21 heavy (non-hydrogen) atoms. The van der Waals surface area contributed by atoms with Gasteiger partial charge in [0.05, 0.1) is 15.5 Å². The third-order valence-electron chi connectivity index (χ3n) is 3.20. The molecule has 2 aromatic carbocycles. The number of nitrogens with one attached hydrogen (secondary N) is 1. The molecule has 0 fully saturated rings. The number of rotatable bonds is 5. The Kier molecular flexibility index (Phi) is 4.90. The molecule has 2 aromatic rings. The van der Waals surface area contributed by atoms with Crippen molar-refractivity contribution in [1.82, 2.24) is 0 Å². The van der Waals surface area contributed by atoms with Crippen molar-refractivity contribution in [2.45, 2.75) is 19.9 Å². The second-order valence-corrected chi connectivity index (χ2v) is 5.37. The number of benzene rings is 2. The van der Waals surface area contributed by atoms with Crippen molar-refractivity contribution in [3.8, 4) is 0 Å². The lowest BCUT2D eigenvalue weighted by atomic mass is 10.1. The molecule has 6 heteroatoms. The number of anilines is 1. The molecule has 0 aliphatic carbocycles. The van der Waals surface area contributed by atoms with Crippen LogP contribution in [0.3, 0.4) is 0 Å². The maximum Gasteiger partial charge on any atom is 0.295 e. The van der Waals surface area contributed by atoms with E-state index in [-0.39, 0.29) is 10.2 Å². The number of nitro groups is 1. The predicted octanol–water partition coefficient (Wildman–Crippen LogP) is 4.67. The molecule has 4 nitrogen and oxygen atoms in total. The van der Waals surface area contributed by atoms with Crippen LogP contribution in [0.25, 0.3) is 0 Å². The molecular weight excluding hydrogens is 339 g/mol. The molecule has 0 unspecified atom stereocenters. The second kappa shape index (κ2) is 6.67. The Morgan fingerprint density at radius 3 is 2.57 bits per heavy atom. The van der Waals surface area contributed by atoms with Crippen molar-refractivity contribution in [2.24, 2.45) is 0 Å². The minimum atomic E-state index is -0.652. The highest BCUT2D eigenvalue weighted by Crippen LogP contribution is 2.31. The summed E-state index contributed by atoms with van der Waals surface area (Å²) in [5.41, 5.74) is 2.26. The van der Waals surface area contributed by atoms with Crippen LogP contribution >= 0.6 is 15.9 Å². The van der Waals surface area contributed by atoms with Crippen molar-refractivity contribution >= 4 is 27.3 Å². The van der Waals surface area contributed by atoms with Crippen molar-refractivity contribution in [3.05, 3.63) is 67.9 Å². The summed E-state index contributed by atoms with van der Waals surface area (Å²) in [6, 6.07) is 10.2. The number of aryl methyl sites for hydroxylation is 1. The highest BCUT2D eigenvalue weighted by atomic mass is 79.9. The average Bonchev–Trinajstić information content (AvgIpc) is 2.48. The monoisotopic (exact) mass is 352 g/mol. The lowest BCUT2D eigenvalue weighted by molar-refractivity contribution is -0.384. The summed E-state index contributed by atoms with van der Waals surface area (Å²) in [5, 5.41) is 14.0. The van der Waals surface area contributed by atoms with E-state index >= 15 is 0 Å². The zero-order valence-electron chi connectivity index (χ0n) is 11.4. The second-order valence-electron chi connectivity index (χ2n) is 4.52. The van der Waals surface area contributed by atoms with Crippen LogP contribution in [0.1, 0.15) is 18.1 Å². The molecule has 0 saturated carbocycles. The maximum absolute atomic E-state index is 13.4. The van der Waals surface area contributed by atoms with Gasteiger partial charge >= 0.3 is 0 Å². The Labute approximate surface area is 130 Å². The minimum absolute atomic E-state index is 0.194. The first-order valence-corrected chi connectivity index (χ1v) is 7.26. The minimum Gasteiger partial charge on any atom is -0.375 e. The zero-order chi connectivity index (χ0) is 15.4. The van der Waals surface area contributed by atoms with Crippen molar-refractivity contribution in [1.29, 1.82) is 0 Å². The zero-order valence-corrected chi connectivity index (χ0v) is 13.0. The summed E-state index contributed by atoms with van der Waals surface area (Å²) in [6.45, 7) is 2.50. The van der Waals surface area contributed by atoms with Gasteiger partial charge in [0.25, 0.3) is 5.69 Å². The Bertz CT molecular complexity index is 677. The normalized spacial score (nSPS) is 10.4. The molecule has 0 aliphatic heterocycles. The number of halogens is 2. The molecule has 0 atom stereocenters. The molecule has 0 saturated heterocycles. The van der Waals surface area contributed by atoms with Gasteiger partial charge in [0, 0.05) is 6.54 Å². The number of hydrogen-bond donors (Lipinski definition) is 1. The standard InChI is InChI=1S/C15H14BrFN2O2/c1-2-10-5-3-4-6-11(10)9-18-14-7-12(16)13(17)8-15(14)19(20)21/h3-8,18H,2,9H2,1H3. The molecule has 0 aromatic heterocycles. The maximum atomic E-state index is 13.4. The van der Waals surface area contributed by atoms with Crippen LogP contribution < -0.4 is 5.32 Å². The van der Waals surface area contributed by atoms with Gasteiger partial charge in [0.15, 0.2) is 0 Å². The van der Waals surface area contributed by atoms with Crippen LogP contribution in [-0.2, 0) is 13.0 Å². The van der Waals surface area contributed by atoms with E-state index in [9.17, 15) is 14.5 Å². The summed E-state index contributed by atoms with van der Waals surface area (Å²) < 4.78 is 13.6. The van der Waals surface area contributed by atoms with E-state index in [0.717, 1.165) is 18.1 Å². The average molecular weight is 353 g/mol. The molecular formula is C15H14BrFN2O2. The Morgan fingerprint density at radius 1 is 1.29 bits per heavy atom. The molecule has 0 heterocycles. The van der Waals surface area contributed by atoms with E-state index in [1.165, 1.54) is 11.6 Å². The van der Waals surface area contributed by atoms with Gasteiger partial charge in [0.1, 0.15) is 11.5 Å². The van der Waals surface area contributed by atoms with E-state index in [1.54, 1.807) is 0 Å². The fourth-order valence-electron chi connectivity index (χ4n) is 2.09. The van der Waals surface area contributed by atoms with Crippen LogP contribution in [0.2, 0.25) is 0 Å². The molecule has 0 bridgehead atoms. The van der Waals surface area contributed by atoms with Gasteiger partial charge in [-0.1, -0.05) is 31.2 Å². The molecule has 0 amide bonds. The molecule has 2 rings (SSSR count). The van der Waals surface area contributed by atoms with Crippen molar-refractivity contribution in [2.75, 3.05) is 5.32 Å². The fraction of sp³-hybridized carbons (Fsp3) is 0.200. The molecule has 0 aliphatic rings. The number of nitrogens with zero attached hydrogens (tertiary/aromatic N) is 1. The van der Waals surface area contributed by atoms with Gasteiger partial charge in [0.2, 0.25) is 0 Å². The van der Waals surface area contributed by atoms with Crippen LogP contribution in [0.4, 0.5) is 15.8 Å². The highest BCUT2D eigenvalue weighted by molar-refractivity contribution is 9.10. The fourth-order valence-corrected chi connectivity index (χ4v) is 2.44. The first-order valence-electron chi connectivity index (χ1n) is 6.47. The number of nitro benzene ring substituents is 1. The summed E-state index contributed by atoms with van der Waals surface area (Å²) in [6.07, 6.45) is 0.882. The third-order valence-corrected chi connectivity index (χ3v) is 3.81. The third kappa shape index (κ3) is 3.58. The van der Waals surface area contributed by atoms with E-state index in [2.05, 4.69) is 28.2 Å². The predicted molar refractivity (Wildman–Crippen MR) is 83.9 cm³/mol. The Morgan fingerprint density at radius 2 is 1.95 bits per heavy atom. The summed E-state index contributed by atoms with van der Waals surface area (Å²) in [7, 11) is 0. The smallest absolute Gasteiger partial charge is 0.295 e. The SMILES string of the molecule is CCc1ccccc1CNc1cc(Br)c(F)cc1[N+](=O)[O-]. The van der Waals surface area contributed by atoms with Gasteiger partial charge in [-0.15, -0.1) is 0 Å². The molecule has 110 valence electrons. The lowest BCUT2D eigenvalue weighted by Gasteiger charge is -2.11. The molecule has 0 radical (unpaired) electrons. The molecule has 0 spiro atoms. The summed E-state index contributed by atoms with van der Waals surface area (Å²) in [5.74, 6) is -0.652. The van der Waals surface area contributed by atoms with E-state index < -0.39 is 10.7 Å². The highest BCUT2D eigenvalue weighted by Gasteiger charge is 2.17. The summed E-state index contributed by atoms with van der Waals surface area (Å²) in [4.78, 5) is 10.4. The van der Waals surface area contributed by atoms with Gasteiger partial charge in [-0.2, -0.15) is 0 Å². The van der Waals surface area contributed by atoms with E-state index in [4.69, 9.17) is 0 Å². The first kappa shape index (κ1) is 15.4. The molecule has 1 N–H and O–H groups in total. The van der Waals surface area contributed by atoms with Crippen molar-refractivity contribution < 1.29 is 9.31 Å². The van der Waals surface area contributed by atoms with Crippen LogP contribution in [0.5, 0.6) is 0 Å². The van der Waals surface area contributed by atoms with Gasteiger partial charge in [-0.25, -0.2) is 4.39 Å². The summed E-state index contributed by atoms with van der Waals surface area (Å²) >= 11 is 3.05. The number of hydrogen-bond acceptors (Lipinski definition) is 3. The van der Waals surface area contributed by atoms with Crippen LogP contribution in [0, 0.1) is 15.9 Å². The van der Waals surface area contributed by atoms with Gasteiger partial charge in [-0.05, 0) is 39.5 Å². The largest absolute Gasteiger partial charge is 0.375 e. The van der Waals surface area contributed by atoms with Crippen molar-refractivity contribution in [3.63, 3.8) is 0 Å². The van der Waals surface area contributed by atoms with Crippen LogP contribution in [0.15, 0.2) is 40.9 Å². The quantitative estimate of drug-likeness (QED) is 0.628. The lowest BCUT2D eigenvalue weighted by Crippen LogP contribution is -2.05. The van der Waals surface area contributed by atoms with Gasteiger partial charge < -0.3 is 5.32 Å². The Hall–Kier alpha value is -1.95. The first-order chi connectivity index (χ1) is 10.0. The van der Waals surface area contributed by atoms with Gasteiger partial charge in [-0.3, -0.25) is 10.1 Å².